The van der Waals surface area contributed by atoms with E-state index in [-0.39, 0.29) is 28.7 Å². The number of aliphatic imine (C=N–C) groups is 1. The van der Waals surface area contributed by atoms with Crippen molar-refractivity contribution in [1.29, 1.82) is 0 Å². The van der Waals surface area contributed by atoms with Crippen LogP contribution in [-0.4, -0.2) is 51.8 Å². The molecule has 2 unspecified atom stereocenters. The number of halogens is 1. The highest BCUT2D eigenvalue weighted by molar-refractivity contribution is 14.0. The largest absolute Gasteiger partial charge is 0.355 e. The van der Waals surface area contributed by atoms with E-state index >= 15 is 0 Å². The minimum atomic E-state index is -0.811. The zero-order chi connectivity index (χ0) is 14.3. The van der Waals surface area contributed by atoms with Crippen LogP contribution < -0.4 is 10.6 Å². The number of guanidine groups is 1. The third-order valence-corrected chi connectivity index (χ3v) is 6.35. The predicted molar refractivity (Wildman–Crippen MR) is 103 cm³/mol. The highest BCUT2D eigenvalue weighted by Gasteiger charge is 2.19. The first-order chi connectivity index (χ1) is 8.93. The zero-order valence-electron chi connectivity index (χ0n) is 12.9. The number of rotatable bonds is 5. The summed E-state index contributed by atoms with van der Waals surface area (Å²) >= 11 is 2.03. The van der Waals surface area contributed by atoms with Crippen LogP contribution in [0.15, 0.2) is 4.99 Å². The Labute approximate surface area is 147 Å². The molecule has 0 amide bonds. The van der Waals surface area contributed by atoms with Crippen molar-refractivity contribution in [2.24, 2.45) is 4.99 Å². The van der Waals surface area contributed by atoms with E-state index in [0.717, 1.165) is 12.5 Å². The first kappa shape index (κ1) is 20.5. The van der Waals surface area contributed by atoms with E-state index in [1.165, 1.54) is 18.6 Å². The number of nitrogens with zero attached hydrogens (tertiary/aromatic N) is 1. The van der Waals surface area contributed by atoms with Gasteiger partial charge in [-0.05, 0) is 39.4 Å². The molecule has 1 fully saturated rings. The fraction of sp³-hybridized carbons (Fsp3) is 0.923. The average molecular weight is 433 g/mol. The second-order valence-corrected chi connectivity index (χ2v) is 9.41. The normalized spacial score (nSPS) is 21.2. The summed E-state index contributed by atoms with van der Waals surface area (Å²) in [7, 11) is 0.965. The molecule has 4 nitrogen and oxygen atoms in total. The summed E-state index contributed by atoms with van der Waals surface area (Å²) in [6.45, 7) is 7.68. The van der Waals surface area contributed by atoms with Gasteiger partial charge in [-0.15, -0.1) is 24.0 Å². The maximum absolute atomic E-state index is 11.9. The van der Waals surface area contributed by atoms with Crippen LogP contribution in [0.3, 0.4) is 0 Å². The van der Waals surface area contributed by atoms with Crippen LogP contribution in [-0.2, 0) is 10.8 Å². The van der Waals surface area contributed by atoms with Crippen LogP contribution in [0.4, 0.5) is 0 Å². The predicted octanol–water partition coefficient (Wildman–Crippen LogP) is 2.21. The van der Waals surface area contributed by atoms with Crippen molar-refractivity contribution < 1.29 is 4.21 Å². The maximum Gasteiger partial charge on any atom is 0.191 e. The van der Waals surface area contributed by atoms with Crippen molar-refractivity contribution in [2.45, 2.75) is 43.6 Å². The number of hydrogen-bond acceptors (Lipinski definition) is 3. The topological polar surface area (TPSA) is 53.5 Å². The molecule has 0 radical (unpaired) electrons. The molecule has 120 valence electrons. The van der Waals surface area contributed by atoms with E-state index in [2.05, 4.69) is 15.6 Å². The van der Waals surface area contributed by atoms with Gasteiger partial charge in [-0.2, -0.15) is 11.8 Å². The molecular formula is C13H28IN3OS2. The third-order valence-electron chi connectivity index (χ3n) is 3.01. The summed E-state index contributed by atoms with van der Waals surface area (Å²) in [6, 6.07) is 0. The zero-order valence-corrected chi connectivity index (χ0v) is 16.9. The lowest BCUT2D eigenvalue weighted by Crippen LogP contribution is -2.42. The Morgan fingerprint density at radius 3 is 2.60 bits per heavy atom. The van der Waals surface area contributed by atoms with Gasteiger partial charge in [-0.25, -0.2) is 0 Å². The van der Waals surface area contributed by atoms with Crippen LogP contribution in [0.25, 0.3) is 0 Å². The Morgan fingerprint density at radius 1 is 1.40 bits per heavy atom. The third kappa shape index (κ3) is 8.07. The van der Waals surface area contributed by atoms with Gasteiger partial charge in [0.15, 0.2) is 5.96 Å². The van der Waals surface area contributed by atoms with Gasteiger partial charge in [0.2, 0.25) is 0 Å². The molecule has 0 aromatic heterocycles. The van der Waals surface area contributed by atoms with Crippen LogP contribution in [0.2, 0.25) is 0 Å². The molecule has 7 heteroatoms. The van der Waals surface area contributed by atoms with Gasteiger partial charge in [0.05, 0.1) is 0 Å². The molecule has 0 aromatic rings. The van der Waals surface area contributed by atoms with Crippen molar-refractivity contribution in [2.75, 3.05) is 31.6 Å². The van der Waals surface area contributed by atoms with E-state index in [4.69, 9.17) is 0 Å². The Hall–Kier alpha value is 0.500. The standard InChI is InChI=1S/C13H27N3OS2.HI/c1-13(2,3)19(17)9-7-15-12(14-4)16-10-11-6-5-8-18-11;/h11H,5-10H2,1-4H3,(H2,14,15,16);1H. The van der Waals surface area contributed by atoms with Crippen molar-refractivity contribution in [3.05, 3.63) is 0 Å². The van der Waals surface area contributed by atoms with Crippen molar-refractivity contribution in [3.63, 3.8) is 0 Å². The second kappa shape index (κ2) is 10.3. The van der Waals surface area contributed by atoms with Crippen molar-refractivity contribution in [3.8, 4) is 0 Å². The second-order valence-electron chi connectivity index (χ2n) is 5.68. The highest BCUT2D eigenvalue weighted by atomic mass is 127. The van der Waals surface area contributed by atoms with Crippen LogP contribution in [0.5, 0.6) is 0 Å². The molecule has 0 saturated carbocycles. The summed E-state index contributed by atoms with van der Waals surface area (Å²) in [4.78, 5) is 4.19. The Kier molecular flexibility index (Phi) is 10.5. The van der Waals surface area contributed by atoms with E-state index in [1.807, 2.05) is 32.5 Å². The summed E-state index contributed by atoms with van der Waals surface area (Å²) in [5.41, 5.74) is 0. The van der Waals surface area contributed by atoms with Gasteiger partial charge < -0.3 is 10.6 Å². The minimum absolute atomic E-state index is 0. The fourth-order valence-corrected chi connectivity index (χ4v) is 3.91. The Bertz CT molecular complexity index is 326. The quantitative estimate of drug-likeness (QED) is 0.397. The van der Waals surface area contributed by atoms with E-state index in [1.54, 1.807) is 7.05 Å². The van der Waals surface area contributed by atoms with Gasteiger partial charge in [0.25, 0.3) is 0 Å². The summed E-state index contributed by atoms with van der Waals surface area (Å²) in [5.74, 6) is 2.75. The molecule has 1 rings (SSSR count). The van der Waals surface area contributed by atoms with Gasteiger partial charge >= 0.3 is 0 Å². The molecule has 0 bridgehead atoms. The van der Waals surface area contributed by atoms with Crippen LogP contribution in [0, 0.1) is 0 Å². The minimum Gasteiger partial charge on any atom is -0.355 e. The van der Waals surface area contributed by atoms with Gasteiger partial charge in [0, 0.05) is 46.7 Å². The van der Waals surface area contributed by atoms with Crippen LogP contribution in [0.1, 0.15) is 33.6 Å². The highest BCUT2D eigenvalue weighted by Crippen LogP contribution is 2.25. The number of hydrogen-bond donors (Lipinski definition) is 2. The summed E-state index contributed by atoms with van der Waals surface area (Å²) in [6.07, 6.45) is 2.62. The molecule has 1 aliphatic heterocycles. The Morgan fingerprint density at radius 2 is 2.10 bits per heavy atom. The number of nitrogens with one attached hydrogen (secondary N) is 2. The lowest BCUT2D eigenvalue weighted by Gasteiger charge is -2.19. The summed E-state index contributed by atoms with van der Waals surface area (Å²) in [5, 5.41) is 7.29. The monoisotopic (exact) mass is 433 g/mol. The molecule has 2 atom stereocenters. The smallest absolute Gasteiger partial charge is 0.191 e. The van der Waals surface area contributed by atoms with Gasteiger partial charge in [0.1, 0.15) is 0 Å². The van der Waals surface area contributed by atoms with Crippen LogP contribution >= 0.6 is 35.7 Å². The molecule has 0 aromatic carbocycles. The lowest BCUT2D eigenvalue weighted by molar-refractivity contribution is 0.646. The van der Waals surface area contributed by atoms with Crippen molar-refractivity contribution in [1.82, 2.24) is 10.6 Å². The fourth-order valence-electron chi connectivity index (χ4n) is 1.80. The average Bonchev–Trinajstić information content (AvgIpc) is 2.85. The SMILES string of the molecule is CN=C(NCCS(=O)C(C)(C)C)NCC1CCCS1.I. The first-order valence-corrected chi connectivity index (χ1v) is 9.25. The van der Waals surface area contributed by atoms with E-state index in [0.29, 0.717) is 17.5 Å². The molecule has 1 heterocycles. The van der Waals surface area contributed by atoms with E-state index in [9.17, 15) is 4.21 Å². The lowest BCUT2D eigenvalue weighted by atomic mass is 10.2. The molecule has 0 spiro atoms. The molecule has 1 saturated heterocycles. The summed E-state index contributed by atoms with van der Waals surface area (Å²) < 4.78 is 11.8. The van der Waals surface area contributed by atoms with Gasteiger partial charge in [-0.3, -0.25) is 9.20 Å². The molecule has 20 heavy (non-hydrogen) atoms. The molecule has 1 aliphatic rings. The maximum atomic E-state index is 11.9. The first-order valence-electron chi connectivity index (χ1n) is 6.88. The molecular weight excluding hydrogens is 405 g/mol. The van der Waals surface area contributed by atoms with Crippen molar-refractivity contribution >= 4 is 52.5 Å². The number of thioether (sulfide) groups is 1. The molecule has 0 aliphatic carbocycles. The Balaban J connectivity index is 0.00000361. The van der Waals surface area contributed by atoms with Gasteiger partial charge in [-0.1, -0.05) is 0 Å². The molecule has 2 N–H and O–H groups in total. The van der Waals surface area contributed by atoms with E-state index < -0.39 is 10.8 Å².